The number of likely N-dealkylation sites (tertiary alicyclic amines) is 1. The molecule has 0 amide bonds. The van der Waals surface area contributed by atoms with Crippen LogP contribution in [0.25, 0.3) is 0 Å². The summed E-state index contributed by atoms with van der Waals surface area (Å²) in [5.41, 5.74) is 5.87. The van der Waals surface area contributed by atoms with Crippen molar-refractivity contribution in [1.82, 2.24) is 4.90 Å². The van der Waals surface area contributed by atoms with E-state index in [0.717, 1.165) is 25.7 Å². The van der Waals surface area contributed by atoms with Gasteiger partial charge in [0.1, 0.15) is 0 Å². The molecule has 14 heavy (non-hydrogen) atoms. The van der Waals surface area contributed by atoms with Gasteiger partial charge < -0.3 is 15.4 Å². The summed E-state index contributed by atoms with van der Waals surface area (Å²) in [5.74, 6) is 0.903. The molecular formula is C11H22N2O. The number of hydrogen-bond acceptors (Lipinski definition) is 3. The summed E-state index contributed by atoms with van der Waals surface area (Å²) < 4.78 is 5.35. The minimum absolute atomic E-state index is 0.435. The third-order valence-electron chi connectivity index (χ3n) is 3.50. The molecule has 0 aromatic heterocycles. The van der Waals surface area contributed by atoms with Crippen LogP contribution in [0.5, 0.6) is 0 Å². The van der Waals surface area contributed by atoms with Gasteiger partial charge in [-0.25, -0.2) is 0 Å². The second-order valence-electron chi connectivity index (χ2n) is 4.69. The Balaban J connectivity index is 1.61. The molecule has 0 aromatic rings. The summed E-state index contributed by atoms with van der Waals surface area (Å²) in [5, 5.41) is 0. The minimum Gasteiger partial charge on any atom is -0.381 e. The summed E-state index contributed by atoms with van der Waals surface area (Å²) in [6, 6.07) is 0.435. The van der Waals surface area contributed by atoms with Crippen LogP contribution in [0.4, 0.5) is 0 Å². The molecule has 82 valence electrons. The van der Waals surface area contributed by atoms with Gasteiger partial charge in [-0.15, -0.1) is 0 Å². The molecule has 3 heteroatoms. The highest BCUT2D eigenvalue weighted by Crippen LogP contribution is 2.19. The quantitative estimate of drug-likeness (QED) is 0.730. The third-order valence-corrected chi connectivity index (χ3v) is 3.50. The SMILES string of the molecule is NC1CCN(CCC2CCOCC2)C1. The third kappa shape index (κ3) is 2.94. The fraction of sp³-hybridized carbons (Fsp3) is 1.00. The highest BCUT2D eigenvalue weighted by atomic mass is 16.5. The van der Waals surface area contributed by atoms with E-state index >= 15 is 0 Å². The van der Waals surface area contributed by atoms with Gasteiger partial charge in [-0.05, 0) is 44.7 Å². The molecule has 2 aliphatic heterocycles. The molecule has 0 aromatic carbocycles. The lowest BCUT2D eigenvalue weighted by Gasteiger charge is -2.24. The van der Waals surface area contributed by atoms with Gasteiger partial charge in [-0.2, -0.15) is 0 Å². The van der Waals surface area contributed by atoms with Crippen molar-refractivity contribution < 1.29 is 4.74 Å². The molecular weight excluding hydrogens is 176 g/mol. The van der Waals surface area contributed by atoms with E-state index in [-0.39, 0.29) is 0 Å². The van der Waals surface area contributed by atoms with E-state index in [1.807, 2.05) is 0 Å². The van der Waals surface area contributed by atoms with Crippen LogP contribution in [0, 0.1) is 5.92 Å². The number of hydrogen-bond donors (Lipinski definition) is 1. The zero-order chi connectivity index (χ0) is 9.80. The Kier molecular flexibility index (Phi) is 3.79. The van der Waals surface area contributed by atoms with Gasteiger partial charge in [0, 0.05) is 25.8 Å². The highest BCUT2D eigenvalue weighted by molar-refractivity contribution is 4.78. The van der Waals surface area contributed by atoms with Crippen LogP contribution in [0.15, 0.2) is 0 Å². The molecule has 0 spiro atoms. The second-order valence-corrected chi connectivity index (χ2v) is 4.69. The van der Waals surface area contributed by atoms with Crippen LogP contribution >= 0.6 is 0 Å². The Morgan fingerprint density at radius 3 is 2.64 bits per heavy atom. The van der Waals surface area contributed by atoms with Crippen LogP contribution in [0.3, 0.4) is 0 Å². The Bertz CT molecular complexity index is 164. The van der Waals surface area contributed by atoms with E-state index in [2.05, 4.69) is 4.90 Å². The zero-order valence-corrected chi connectivity index (χ0v) is 8.95. The van der Waals surface area contributed by atoms with Crippen molar-refractivity contribution in [2.75, 3.05) is 32.8 Å². The number of nitrogens with two attached hydrogens (primary N) is 1. The van der Waals surface area contributed by atoms with Gasteiger partial charge in [0.05, 0.1) is 0 Å². The average molecular weight is 198 g/mol. The lowest BCUT2D eigenvalue weighted by atomic mass is 9.96. The topological polar surface area (TPSA) is 38.5 Å². The van der Waals surface area contributed by atoms with Crippen molar-refractivity contribution in [3.8, 4) is 0 Å². The summed E-state index contributed by atoms with van der Waals surface area (Å²) in [4.78, 5) is 2.51. The molecule has 0 radical (unpaired) electrons. The van der Waals surface area contributed by atoms with Gasteiger partial charge in [0.2, 0.25) is 0 Å². The van der Waals surface area contributed by atoms with Gasteiger partial charge in [0.15, 0.2) is 0 Å². The molecule has 1 unspecified atom stereocenters. The molecule has 0 aliphatic carbocycles. The average Bonchev–Trinajstić information content (AvgIpc) is 2.63. The second kappa shape index (κ2) is 5.10. The lowest BCUT2D eigenvalue weighted by Crippen LogP contribution is -2.29. The van der Waals surface area contributed by atoms with Crippen LogP contribution in [-0.4, -0.2) is 43.8 Å². The Morgan fingerprint density at radius 2 is 2.00 bits per heavy atom. The number of ether oxygens (including phenoxy) is 1. The molecule has 2 heterocycles. The molecule has 0 saturated carbocycles. The van der Waals surface area contributed by atoms with Crippen LogP contribution < -0.4 is 5.73 Å². The predicted molar refractivity (Wildman–Crippen MR) is 57.2 cm³/mol. The fourth-order valence-electron chi connectivity index (χ4n) is 2.47. The summed E-state index contributed by atoms with van der Waals surface area (Å²) >= 11 is 0. The van der Waals surface area contributed by atoms with Gasteiger partial charge in [0.25, 0.3) is 0 Å². The van der Waals surface area contributed by atoms with E-state index in [9.17, 15) is 0 Å². The maximum atomic E-state index is 5.87. The van der Waals surface area contributed by atoms with Crippen molar-refractivity contribution in [1.29, 1.82) is 0 Å². The molecule has 2 aliphatic rings. The lowest BCUT2D eigenvalue weighted by molar-refractivity contribution is 0.0609. The van der Waals surface area contributed by atoms with Gasteiger partial charge >= 0.3 is 0 Å². The molecule has 1 atom stereocenters. The Hall–Kier alpha value is -0.120. The number of nitrogens with zero attached hydrogens (tertiary/aromatic N) is 1. The predicted octanol–water partition coefficient (Wildman–Crippen LogP) is 0.836. The first-order chi connectivity index (χ1) is 6.84. The molecule has 2 fully saturated rings. The van der Waals surface area contributed by atoms with Crippen LogP contribution in [0.2, 0.25) is 0 Å². The van der Waals surface area contributed by atoms with E-state index in [4.69, 9.17) is 10.5 Å². The van der Waals surface area contributed by atoms with Gasteiger partial charge in [-0.1, -0.05) is 0 Å². The first-order valence-electron chi connectivity index (χ1n) is 5.90. The zero-order valence-electron chi connectivity index (χ0n) is 8.95. The first kappa shape index (κ1) is 10.4. The normalized spacial score (nSPS) is 31.1. The smallest absolute Gasteiger partial charge is 0.0468 e. The van der Waals surface area contributed by atoms with E-state index < -0.39 is 0 Å². The van der Waals surface area contributed by atoms with E-state index in [1.165, 1.54) is 38.8 Å². The Labute approximate surface area is 86.6 Å². The van der Waals surface area contributed by atoms with Gasteiger partial charge in [-0.3, -0.25) is 0 Å². The minimum atomic E-state index is 0.435. The summed E-state index contributed by atoms with van der Waals surface area (Å²) in [6.45, 7) is 5.53. The van der Waals surface area contributed by atoms with Crippen LogP contribution in [0.1, 0.15) is 25.7 Å². The summed E-state index contributed by atoms with van der Waals surface area (Å²) in [6.07, 6.45) is 5.06. The van der Waals surface area contributed by atoms with Crippen molar-refractivity contribution >= 4 is 0 Å². The Morgan fingerprint density at radius 1 is 1.21 bits per heavy atom. The summed E-state index contributed by atoms with van der Waals surface area (Å²) in [7, 11) is 0. The van der Waals surface area contributed by atoms with E-state index in [0.29, 0.717) is 6.04 Å². The molecule has 2 rings (SSSR count). The van der Waals surface area contributed by atoms with Crippen molar-refractivity contribution in [2.45, 2.75) is 31.7 Å². The van der Waals surface area contributed by atoms with Crippen molar-refractivity contribution in [3.63, 3.8) is 0 Å². The van der Waals surface area contributed by atoms with Crippen LogP contribution in [-0.2, 0) is 4.74 Å². The molecule has 2 N–H and O–H groups in total. The van der Waals surface area contributed by atoms with Crippen molar-refractivity contribution in [2.24, 2.45) is 11.7 Å². The molecule has 0 bridgehead atoms. The molecule has 2 saturated heterocycles. The largest absolute Gasteiger partial charge is 0.381 e. The first-order valence-corrected chi connectivity index (χ1v) is 5.90. The maximum absolute atomic E-state index is 5.87. The fourth-order valence-corrected chi connectivity index (χ4v) is 2.47. The monoisotopic (exact) mass is 198 g/mol. The van der Waals surface area contributed by atoms with Crippen molar-refractivity contribution in [3.05, 3.63) is 0 Å². The number of rotatable bonds is 3. The van der Waals surface area contributed by atoms with E-state index in [1.54, 1.807) is 0 Å². The molecule has 3 nitrogen and oxygen atoms in total. The maximum Gasteiger partial charge on any atom is 0.0468 e. The highest BCUT2D eigenvalue weighted by Gasteiger charge is 2.20. The standard InChI is InChI=1S/C11H22N2O/c12-11-2-6-13(9-11)5-1-10-3-7-14-8-4-10/h10-11H,1-9,12H2.